The molecule has 1 N–H and O–H groups in total. The number of amides is 1. The third kappa shape index (κ3) is 5.16. The second-order valence-electron chi connectivity index (χ2n) is 6.17. The van der Waals surface area contributed by atoms with E-state index in [0.29, 0.717) is 17.8 Å². The number of methoxy groups -OCH3 is 1. The number of hydrogen-bond donors (Lipinski definition) is 1. The van der Waals surface area contributed by atoms with E-state index >= 15 is 0 Å². The molecule has 0 heterocycles. The zero-order valence-electron chi connectivity index (χ0n) is 15.4. The number of likely N-dealkylation sites (N-methyl/N-ethyl adjacent to an activating group) is 1. The molecule has 0 fully saturated rings. The van der Waals surface area contributed by atoms with Crippen molar-refractivity contribution in [1.82, 2.24) is 4.90 Å². The van der Waals surface area contributed by atoms with Crippen molar-refractivity contribution in [3.63, 3.8) is 0 Å². The van der Waals surface area contributed by atoms with Crippen molar-refractivity contribution in [2.45, 2.75) is 26.4 Å². The topological polar surface area (TPSA) is 58.6 Å². The molecule has 1 unspecified atom stereocenters. The van der Waals surface area contributed by atoms with Crippen molar-refractivity contribution in [2.24, 2.45) is 0 Å². The second-order valence-corrected chi connectivity index (χ2v) is 7.09. The molecule has 2 aromatic carbocycles. The van der Waals surface area contributed by atoms with Crippen LogP contribution in [0.4, 0.5) is 5.69 Å². The molecule has 0 aliphatic rings. The third-order valence-electron chi connectivity index (χ3n) is 4.24. The van der Waals surface area contributed by atoms with Crippen LogP contribution in [0.3, 0.4) is 0 Å². The first kappa shape index (κ1) is 20.1. The van der Waals surface area contributed by atoms with E-state index in [1.165, 1.54) is 6.92 Å². The molecule has 5 nitrogen and oxygen atoms in total. The largest absolute Gasteiger partial charge is 0.496 e. The van der Waals surface area contributed by atoms with Crippen LogP contribution in [0.5, 0.6) is 5.75 Å². The predicted molar refractivity (Wildman–Crippen MR) is 107 cm³/mol. The summed E-state index contributed by atoms with van der Waals surface area (Å²) >= 11 is 3.46. The molecular weight excluding hydrogens is 396 g/mol. The third-order valence-corrected chi connectivity index (χ3v) is 4.73. The number of nitrogens with one attached hydrogen (secondary N) is 1. The van der Waals surface area contributed by atoms with Crippen LogP contribution < -0.4 is 10.1 Å². The number of halogens is 1. The van der Waals surface area contributed by atoms with Gasteiger partial charge in [0.05, 0.1) is 13.2 Å². The molecule has 1 atom stereocenters. The van der Waals surface area contributed by atoms with E-state index in [2.05, 4.69) is 21.2 Å². The molecule has 0 aliphatic carbocycles. The monoisotopic (exact) mass is 418 g/mol. The van der Waals surface area contributed by atoms with E-state index in [4.69, 9.17) is 4.74 Å². The predicted octanol–water partition coefficient (Wildman–Crippen LogP) is 4.12. The number of benzene rings is 2. The highest BCUT2D eigenvalue weighted by Gasteiger charge is 2.20. The fourth-order valence-corrected chi connectivity index (χ4v) is 2.95. The van der Waals surface area contributed by atoms with Gasteiger partial charge in [-0.25, -0.2) is 0 Å². The Labute approximate surface area is 162 Å². The van der Waals surface area contributed by atoms with E-state index < -0.39 is 0 Å². The molecule has 1 amide bonds. The Morgan fingerprint density at radius 1 is 1.23 bits per heavy atom. The molecule has 26 heavy (non-hydrogen) atoms. The minimum absolute atomic E-state index is 0.0342. The number of ketones is 1. The quantitative estimate of drug-likeness (QED) is 0.686. The number of nitrogens with zero attached hydrogens (tertiary/aromatic N) is 1. The van der Waals surface area contributed by atoms with Gasteiger partial charge in [-0.05, 0) is 51.2 Å². The van der Waals surface area contributed by atoms with Crippen molar-refractivity contribution in [1.29, 1.82) is 0 Å². The van der Waals surface area contributed by atoms with E-state index in [-0.39, 0.29) is 17.7 Å². The van der Waals surface area contributed by atoms with E-state index in [1.807, 2.05) is 37.1 Å². The Bertz CT molecular complexity index is 807. The summed E-state index contributed by atoms with van der Waals surface area (Å²) in [5, 5.41) is 2.87. The first-order valence-corrected chi connectivity index (χ1v) is 9.05. The second kappa shape index (κ2) is 8.96. The Morgan fingerprint density at radius 2 is 1.96 bits per heavy atom. The lowest BCUT2D eigenvalue weighted by Crippen LogP contribution is -2.39. The standard InChI is InChI=1S/C20H23BrN2O3/c1-13(20(25)22-18-7-5-6-15(11-18)14(2)24)23(3)12-16-10-17(21)8-9-19(16)26-4/h5-11,13H,12H2,1-4H3,(H,22,25). The van der Waals surface area contributed by atoms with E-state index in [0.717, 1.165) is 15.8 Å². The lowest BCUT2D eigenvalue weighted by Gasteiger charge is -2.25. The molecule has 0 aliphatic heterocycles. The maximum Gasteiger partial charge on any atom is 0.241 e. The van der Waals surface area contributed by atoms with Crippen LogP contribution >= 0.6 is 15.9 Å². The maximum atomic E-state index is 12.6. The Hall–Kier alpha value is -2.18. The molecular formula is C20H23BrN2O3. The molecule has 0 saturated heterocycles. The number of anilines is 1. The number of ether oxygens (including phenoxy) is 1. The first-order chi connectivity index (χ1) is 12.3. The van der Waals surface area contributed by atoms with Crippen LogP contribution in [-0.2, 0) is 11.3 Å². The Balaban J connectivity index is 2.07. The molecule has 0 saturated carbocycles. The van der Waals surface area contributed by atoms with Crippen molar-refractivity contribution in [2.75, 3.05) is 19.5 Å². The van der Waals surface area contributed by atoms with Crippen molar-refractivity contribution >= 4 is 33.3 Å². The summed E-state index contributed by atoms with van der Waals surface area (Å²) in [7, 11) is 3.52. The summed E-state index contributed by atoms with van der Waals surface area (Å²) in [6, 6.07) is 12.4. The van der Waals surface area contributed by atoms with Gasteiger partial charge in [-0.3, -0.25) is 14.5 Å². The van der Waals surface area contributed by atoms with E-state index in [1.54, 1.807) is 31.4 Å². The summed E-state index contributed by atoms with van der Waals surface area (Å²) in [4.78, 5) is 26.0. The molecule has 6 heteroatoms. The molecule has 0 radical (unpaired) electrons. The van der Waals surface area contributed by atoms with Crippen LogP contribution in [0.1, 0.15) is 29.8 Å². The maximum absolute atomic E-state index is 12.6. The van der Waals surface area contributed by atoms with Crippen LogP contribution in [0, 0.1) is 0 Å². The highest BCUT2D eigenvalue weighted by atomic mass is 79.9. The molecule has 2 aromatic rings. The van der Waals surface area contributed by atoms with Gasteiger partial charge in [0.1, 0.15) is 5.75 Å². The Morgan fingerprint density at radius 3 is 2.62 bits per heavy atom. The van der Waals surface area contributed by atoms with Gasteiger partial charge in [-0.1, -0.05) is 28.1 Å². The fourth-order valence-electron chi connectivity index (χ4n) is 2.54. The van der Waals surface area contributed by atoms with Crippen molar-refractivity contribution in [3.05, 3.63) is 58.1 Å². The number of carbonyl (C=O) groups excluding carboxylic acids is 2. The molecule has 0 bridgehead atoms. The summed E-state index contributed by atoms with van der Waals surface area (Å²) in [5.74, 6) is 0.608. The highest BCUT2D eigenvalue weighted by molar-refractivity contribution is 9.10. The van der Waals surface area contributed by atoms with Gasteiger partial charge >= 0.3 is 0 Å². The lowest BCUT2D eigenvalue weighted by atomic mass is 10.1. The summed E-state index contributed by atoms with van der Waals surface area (Å²) in [5.41, 5.74) is 2.17. The molecule has 138 valence electrons. The van der Waals surface area contributed by atoms with E-state index in [9.17, 15) is 9.59 Å². The number of carbonyl (C=O) groups is 2. The minimum atomic E-state index is -0.361. The SMILES string of the molecule is COc1ccc(Br)cc1CN(C)C(C)C(=O)Nc1cccc(C(C)=O)c1. The smallest absolute Gasteiger partial charge is 0.241 e. The minimum Gasteiger partial charge on any atom is -0.496 e. The van der Waals surface area contributed by atoms with Gasteiger partial charge in [-0.2, -0.15) is 0 Å². The highest BCUT2D eigenvalue weighted by Crippen LogP contribution is 2.24. The van der Waals surface area contributed by atoms with Crippen molar-refractivity contribution < 1.29 is 14.3 Å². The average molecular weight is 419 g/mol. The van der Waals surface area contributed by atoms with Crippen LogP contribution in [0.2, 0.25) is 0 Å². The van der Waals surface area contributed by atoms with Gasteiger partial charge in [-0.15, -0.1) is 0 Å². The zero-order chi connectivity index (χ0) is 19.3. The summed E-state index contributed by atoms with van der Waals surface area (Å²) in [6.07, 6.45) is 0. The van der Waals surface area contributed by atoms with Crippen LogP contribution in [-0.4, -0.2) is 36.8 Å². The van der Waals surface area contributed by atoms with Crippen LogP contribution in [0.15, 0.2) is 46.9 Å². The molecule has 2 rings (SSSR count). The molecule has 0 spiro atoms. The fraction of sp³-hybridized carbons (Fsp3) is 0.300. The van der Waals surface area contributed by atoms with Gasteiger partial charge in [0.25, 0.3) is 0 Å². The number of hydrogen-bond acceptors (Lipinski definition) is 4. The number of rotatable bonds is 7. The summed E-state index contributed by atoms with van der Waals surface area (Å²) < 4.78 is 6.35. The number of Topliss-reactive ketones (excluding diaryl/α,β-unsaturated/α-hetero) is 1. The van der Waals surface area contributed by atoms with Gasteiger partial charge in [0.2, 0.25) is 5.91 Å². The van der Waals surface area contributed by atoms with Gasteiger partial charge in [0.15, 0.2) is 5.78 Å². The first-order valence-electron chi connectivity index (χ1n) is 8.26. The van der Waals surface area contributed by atoms with Gasteiger partial charge < -0.3 is 10.1 Å². The van der Waals surface area contributed by atoms with Gasteiger partial charge in [0, 0.05) is 27.8 Å². The van der Waals surface area contributed by atoms with Crippen molar-refractivity contribution in [3.8, 4) is 5.75 Å². The zero-order valence-corrected chi connectivity index (χ0v) is 17.0. The van der Waals surface area contributed by atoms with Crippen LogP contribution in [0.25, 0.3) is 0 Å². The summed E-state index contributed by atoms with van der Waals surface area (Å²) in [6.45, 7) is 3.90. The lowest BCUT2D eigenvalue weighted by molar-refractivity contribution is -0.120. The normalized spacial score (nSPS) is 11.9. The average Bonchev–Trinajstić information content (AvgIpc) is 2.61. The Kier molecular flexibility index (Phi) is 6.94. The molecule has 0 aromatic heterocycles.